The molecule has 0 radical (unpaired) electrons. The highest BCUT2D eigenvalue weighted by Crippen LogP contribution is 2.31. The highest BCUT2D eigenvalue weighted by Gasteiger charge is 2.23. The van der Waals surface area contributed by atoms with Gasteiger partial charge in [-0.15, -0.1) is 0 Å². The summed E-state index contributed by atoms with van der Waals surface area (Å²) < 4.78 is 30.4. The number of nitriles is 1. The molecule has 0 saturated heterocycles. The van der Waals surface area contributed by atoms with Crippen molar-refractivity contribution in [3.8, 4) is 6.07 Å². The number of alkyl halides is 2. The zero-order chi connectivity index (χ0) is 13.7. The van der Waals surface area contributed by atoms with Crippen LogP contribution in [-0.4, -0.2) is 17.6 Å². The summed E-state index contributed by atoms with van der Waals surface area (Å²) >= 11 is 5.61. The highest BCUT2D eigenvalue weighted by molar-refractivity contribution is 6.31. The van der Waals surface area contributed by atoms with Crippen molar-refractivity contribution in [2.24, 2.45) is 0 Å². The van der Waals surface area contributed by atoms with Crippen LogP contribution < -0.4 is 0 Å². The number of rotatable bonds is 4. The zero-order valence-corrected chi connectivity index (χ0v) is 10.2. The van der Waals surface area contributed by atoms with E-state index >= 15 is 0 Å². The molecule has 0 amide bonds. The molecule has 0 aromatic carbocycles. The van der Waals surface area contributed by atoms with Gasteiger partial charge in [-0.3, -0.25) is 4.79 Å². The number of carbonyl (C=O) groups excluding carboxylic acids is 1. The monoisotopic (exact) mass is 274 g/mol. The third-order valence-electron chi connectivity index (χ3n) is 2.13. The molecule has 0 aliphatic carbocycles. The lowest BCUT2D eigenvalue weighted by Gasteiger charge is -2.11. The third-order valence-corrected chi connectivity index (χ3v) is 2.43. The summed E-state index contributed by atoms with van der Waals surface area (Å²) in [6, 6.07) is 1.65. The second-order valence-electron chi connectivity index (χ2n) is 3.24. The molecule has 0 saturated carbocycles. The Kier molecular flexibility index (Phi) is 4.98. The predicted molar refractivity (Wildman–Crippen MR) is 59.3 cm³/mol. The Morgan fingerprint density at radius 3 is 2.83 bits per heavy atom. The minimum atomic E-state index is -2.89. The molecule has 0 unspecified atom stereocenters. The minimum absolute atomic E-state index is 0.124. The van der Waals surface area contributed by atoms with Crippen molar-refractivity contribution in [3.63, 3.8) is 0 Å². The van der Waals surface area contributed by atoms with Crippen LogP contribution in [0.15, 0.2) is 6.20 Å². The van der Waals surface area contributed by atoms with E-state index in [-0.39, 0.29) is 22.9 Å². The van der Waals surface area contributed by atoms with Gasteiger partial charge >= 0.3 is 5.97 Å². The van der Waals surface area contributed by atoms with Crippen LogP contribution in [0.1, 0.15) is 30.2 Å². The van der Waals surface area contributed by atoms with E-state index in [1.165, 1.54) is 0 Å². The summed E-state index contributed by atoms with van der Waals surface area (Å²) in [5.74, 6) is -0.708. The molecule has 7 heteroatoms. The summed E-state index contributed by atoms with van der Waals surface area (Å²) in [6.07, 6.45) is -2.38. The summed E-state index contributed by atoms with van der Waals surface area (Å²) in [6.45, 7) is 1.71. The molecule has 0 bridgehead atoms. The molecule has 1 aromatic heterocycles. The molecular weight excluding hydrogens is 266 g/mol. The third kappa shape index (κ3) is 3.14. The Morgan fingerprint density at radius 1 is 1.67 bits per heavy atom. The van der Waals surface area contributed by atoms with Gasteiger partial charge in [0.25, 0.3) is 6.43 Å². The first kappa shape index (κ1) is 14.3. The minimum Gasteiger partial charge on any atom is -0.466 e. The van der Waals surface area contributed by atoms with E-state index < -0.39 is 24.4 Å². The quantitative estimate of drug-likeness (QED) is 0.792. The number of aromatic nitrogens is 1. The summed E-state index contributed by atoms with van der Waals surface area (Å²) in [5, 5.41) is 8.53. The van der Waals surface area contributed by atoms with E-state index in [4.69, 9.17) is 16.9 Å². The van der Waals surface area contributed by atoms with Crippen molar-refractivity contribution in [1.82, 2.24) is 4.98 Å². The van der Waals surface area contributed by atoms with E-state index in [0.29, 0.717) is 0 Å². The normalized spacial score (nSPS) is 10.2. The molecule has 0 atom stereocenters. The number of pyridine rings is 1. The lowest BCUT2D eigenvalue weighted by Crippen LogP contribution is -2.12. The Hall–Kier alpha value is -1.74. The van der Waals surface area contributed by atoms with Gasteiger partial charge in [0.2, 0.25) is 0 Å². The molecule has 0 N–H and O–H groups in total. The molecule has 1 heterocycles. The van der Waals surface area contributed by atoms with Crippen molar-refractivity contribution in [1.29, 1.82) is 5.26 Å². The van der Waals surface area contributed by atoms with Crippen LogP contribution >= 0.6 is 11.6 Å². The fourth-order valence-electron chi connectivity index (χ4n) is 1.41. The standard InChI is InChI=1S/C11H9ClF2N2O2/c1-2-18-9(17)3-6-8(4-15)16-5-7(12)10(6)11(13)14/h5,11H,2-3H2,1H3. The fourth-order valence-corrected chi connectivity index (χ4v) is 1.65. The topological polar surface area (TPSA) is 63.0 Å². The maximum Gasteiger partial charge on any atom is 0.310 e. The maximum absolute atomic E-state index is 12.9. The van der Waals surface area contributed by atoms with E-state index in [2.05, 4.69) is 9.72 Å². The van der Waals surface area contributed by atoms with Crippen LogP contribution in [0.2, 0.25) is 5.02 Å². The number of ether oxygens (including phenoxy) is 1. The van der Waals surface area contributed by atoms with Crippen molar-refractivity contribution in [3.05, 3.63) is 28.0 Å². The largest absolute Gasteiger partial charge is 0.466 e. The zero-order valence-electron chi connectivity index (χ0n) is 9.41. The van der Waals surface area contributed by atoms with Crippen molar-refractivity contribution >= 4 is 17.6 Å². The van der Waals surface area contributed by atoms with Crippen LogP contribution in [0.4, 0.5) is 8.78 Å². The number of esters is 1. The van der Waals surface area contributed by atoms with Gasteiger partial charge in [-0.1, -0.05) is 11.6 Å². The van der Waals surface area contributed by atoms with Crippen molar-refractivity contribution < 1.29 is 18.3 Å². The van der Waals surface area contributed by atoms with Crippen LogP contribution in [-0.2, 0) is 16.0 Å². The fraction of sp³-hybridized carbons (Fsp3) is 0.364. The second-order valence-corrected chi connectivity index (χ2v) is 3.65. The first-order chi connectivity index (χ1) is 8.51. The van der Waals surface area contributed by atoms with Gasteiger partial charge in [0.05, 0.1) is 18.1 Å². The van der Waals surface area contributed by atoms with Crippen molar-refractivity contribution in [2.75, 3.05) is 6.61 Å². The molecule has 96 valence electrons. The van der Waals surface area contributed by atoms with E-state index in [1.807, 2.05) is 0 Å². The number of hydrogen-bond acceptors (Lipinski definition) is 4. The van der Waals surface area contributed by atoms with Crippen LogP contribution in [0.5, 0.6) is 0 Å². The summed E-state index contributed by atoms with van der Waals surface area (Å²) in [4.78, 5) is 14.9. The van der Waals surface area contributed by atoms with Crippen LogP contribution in [0.3, 0.4) is 0 Å². The Bertz CT molecular complexity index is 501. The van der Waals surface area contributed by atoms with Gasteiger partial charge < -0.3 is 4.74 Å². The van der Waals surface area contributed by atoms with Gasteiger partial charge in [-0.25, -0.2) is 13.8 Å². The molecule has 1 aromatic rings. The molecule has 18 heavy (non-hydrogen) atoms. The van der Waals surface area contributed by atoms with Gasteiger partial charge in [0.15, 0.2) is 0 Å². The van der Waals surface area contributed by atoms with Gasteiger partial charge in [-0.05, 0) is 6.92 Å². The summed E-state index contributed by atoms with van der Waals surface area (Å²) in [5.41, 5.74) is -0.975. The number of nitrogens with zero attached hydrogens (tertiary/aromatic N) is 2. The van der Waals surface area contributed by atoms with Gasteiger partial charge in [-0.2, -0.15) is 5.26 Å². The van der Waals surface area contributed by atoms with Gasteiger partial charge in [0, 0.05) is 17.3 Å². The molecule has 0 fully saturated rings. The first-order valence-electron chi connectivity index (χ1n) is 5.02. The molecule has 4 nitrogen and oxygen atoms in total. The average Bonchev–Trinajstić information content (AvgIpc) is 2.29. The SMILES string of the molecule is CCOC(=O)Cc1c(C#N)ncc(Cl)c1C(F)F. The lowest BCUT2D eigenvalue weighted by molar-refractivity contribution is -0.142. The molecule has 1 rings (SSSR count). The van der Waals surface area contributed by atoms with Crippen LogP contribution in [0, 0.1) is 11.3 Å². The first-order valence-corrected chi connectivity index (χ1v) is 5.40. The van der Waals surface area contributed by atoms with Crippen molar-refractivity contribution in [2.45, 2.75) is 19.8 Å². The maximum atomic E-state index is 12.9. The smallest absolute Gasteiger partial charge is 0.310 e. The van der Waals surface area contributed by atoms with Crippen LogP contribution in [0.25, 0.3) is 0 Å². The van der Waals surface area contributed by atoms with E-state index in [0.717, 1.165) is 6.20 Å². The molecule has 0 spiro atoms. The number of carbonyl (C=O) groups is 1. The highest BCUT2D eigenvalue weighted by atomic mass is 35.5. The Morgan fingerprint density at radius 2 is 2.33 bits per heavy atom. The van der Waals surface area contributed by atoms with Gasteiger partial charge in [0.1, 0.15) is 11.8 Å². The molecule has 0 aliphatic rings. The molecular formula is C11H9ClF2N2O2. The average molecular weight is 275 g/mol. The number of halogens is 3. The van der Waals surface area contributed by atoms with E-state index in [1.54, 1.807) is 13.0 Å². The molecule has 0 aliphatic heterocycles. The number of hydrogen-bond donors (Lipinski definition) is 0. The lowest BCUT2D eigenvalue weighted by atomic mass is 10.0. The Balaban J connectivity index is 3.25. The summed E-state index contributed by atoms with van der Waals surface area (Å²) in [7, 11) is 0. The second kappa shape index (κ2) is 6.26. The Labute approximate surface area is 107 Å². The predicted octanol–water partition coefficient (Wildman–Crippen LogP) is 2.65. The van der Waals surface area contributed by atoms with E-state index in [9.17, 15) is 13.6 Å².